The molecule has 2 aromatic heterocycles. The zero-order chi connectivity index (χ0) is 46.2. The van der Waals surface area contributed by atoms with Crippen LogP contribution in [0.3, 0.4) is 0 Å². The molecule has 2 aliphatic heterocycles. The van der Waals surface area contributed by atoms with Crippen molar-refractivity contribution >= 4 is 58.2 Å². The molecular formula is C48H36Cl4N6O8. The lowest BCUT2D eigenvalue weighted by Crippen LogP contribution is -2.48. The summed E-state index contributed by atoms with van der Waals surface area (Å²) in [6.07, 6.45) is 6.02. The molecule has 0 aliphatic carbocycles. The number of hydrogen-bond acceptors (Lipinski definition) is 12. The molecule has 0 saturated carbocycles. The third-order valence-electron chi connectivity index (χ3n) is 10.4. The average Bonchev–Trinajstić information content (AvgIpc) is 3.30. The normalized spacial score (nSPS) is 13.3. The fraction of sp³-hybridized carbons (Fsp3) is 0.208. The van der Waals surface area contributed by atoms with Gasteiger partial charge in [-0.3, -0.25) is 19.6 Å². The number of aromatic nitrogens is 2. The number of halogens is 4. The van der Waals surface area contributed by atoms with E-state index in [2.05, 4.69) is 32.7 Å². The SMILES string of the molecule is N#Cc1cncc(COc2cc(OCc3cccc(-c4cccc(COc5cc(OCc6cncc(C#N)c6)c(C(=O)NC6COC6)cc5Cl)c4Cl)c3Cl)c(Cl)cc2C(=O)NC2COC2)c1. The number of hydrogen-bond donors (Lipinski definition) is 2. The highest BCUT2D eigenvalue weighted by molar-refractivity contribution is 6.37. The van der Waals surface area contributed by atoms with Crippen LogP contribution in [-0.4, -0.2) is 60.3 Å². The molecule has 2 amide bonds. The van der Waals surface area contributed by atoms with Gasteiger partial charge in [-0.1, -0.05) is 82.8 Å². The maximum atomic E-state index is 13.3. The van der Waals surface area contributed by atoms with Crippen molar-refractivity contribution in [3.05, 3.63) is 162 Å². The van der Waals surface area contributed by atoms with Crippen molar-refractivity contribution in [3.63, 3.8) is 0 Å². The van der Waals surface area contributed by atoms with E-state index in [9.17, 15) is 20.1 Å². The van der Waals surface area contributed by atoms with Crippen LogP contribution in [0.25, 0.3) is 11.1 Å². The summed E-state index contributed by atoms with van der Waals surface area (Å²) >= 11 is 27.5. The van der Waals surface area contributed by atoms with Crippen LogP contribution >= 0.6 is 46.4 Å². The molecule has 0 radical (unpaired) electrons. The lowest BCUT2D eigenvalue weighted by atomic mass is 10.0. The Balaban J connectivity index is 0.992. The van der Waals surface area contributed by atoms with Gasteiger partial charge in [0.2, 0.25) is 0 Å². The van der Waals surface area contributed by atoms with Crippen LogP contribution in [0.4, 0.5) is 0 Å². The highest BCUT2D eigenvalue weighted by Gasteiger charge is 2.26. The van der Waals surface area contributed by atoms with Gasteiger partial charge in [0.05, 0.1) is 80.9 Å². The average molecular weight is 967 g/mol. The van der Waals surface area contributed by atoms with Gasteiger partial charge in [-0.25, -0.2) is 0 Å². The van der Waals surface area contributed by atoms with Crippen LogP contribution in [0.15, 0.2) is 97.6 Å². The first-order chi connectivity index (χ1) is 32.1. The van der Waals surface area contributed by atoms with E-state index in [4.69, 9.17) is 74.8 Å². The molecule has 2 fully saturated rings. The summed E-state index contributed by atoms with van der Waals surface area (Å²) in [5.74, 6) is 0.0678. The van der Waals surface area contributed by atoms with Crippen LogP contribution in [0.1, 0.15) is 54.1 Å². The first-order valence-electron chi connectivity index (χ1n) is 20.3. The highest BCUT2D eigenvalue weighted by Crippen LogP contribution is 2.40. The Morgan fingerprint density at radius 2 is 0.985 bits per heavy atom. The number of benzene rings is 4. The minimum atomic E-state index is -0.399. The summed E-state index contributed by atoms with van der Waals surface area (Å²) in [5, 5.41) is 25.5. The van der Waals surface area contributed by atoms with Gasteiger partial charge in [0.1, 0.15) is 61.6 Å². The van der Waals surface area contributed by atoms with E-state index in [0.29, 0.717) is 81.0 Å². The molecule has 4 heterocycles. The molecule has 2 N–H and O–H groups in total. The van der Waals surface area contributed by atoms with Gasteiger partial charge in [0, 0.05) is 70.3 Å². The second kappa shape index (κ2) is 21.1. The minimum absolute atomic E-state index is 0.0119. The van der Waals surface area contributed by atoms with E-state index in [1.165, 1.54) is 36.7 Å². The van der Waals surface area contributed by atoms with E-state index in [0.717, 1.165) is 0 Å². The smallest absolute Gasteiger partial charge is 0.255 e. The number of nitrogens with one attached hydrogen (secondary N) is 2. The predicted octanol–water partition coefficient (Wildman–Crippen LogP) is 9.07. The number of carbonyl (C=O) groups excluding carboxylic acids is 2. The molecule has 0 atom stereocenters. The standard InChI is InChI=1S/C48H36Cl4N6O8/c49-39-9-37(47(59)57-33-23-61-24-33)41(63-19-29-7-27(13-53)15-55-17-29)11-43(39)65-21-31-3-1-5-35(45(31)51)36-6-2-4-32(46(36)52)22-66-44-12-42(64-20-30-8-28(14-54)16-56-18-30)38(10-40(44)50)48(60)58-34-25-62-26-34/h1-12,15-18,33-34H,19-26H2,(H,57,59)(H,58,60). The van der Waals surface area contributed by atoms with Crippen LogP contribution < -0.4 is 29.6 Å². The van der Waals surface area contributed by atoms with Crippen molar-refractivity contribution in [1.29, 1.82) is 10.5 Å². The van der Waals surface area contributed by atoms with E-state index in [1.807, 2.05) is 24.3 Å². The zero-order valence-corrected chi connectivity index (χ0v) is 37.6. The van der Waals surface area contributed by atoms with Crippen LogP contribution in [-0.2, 0) is 35.9 Å². The Bertz CT molecular complexity index is 2700. The first kappa shape index (κ1) is 45.9. The van der Waals surface area contributed by atoms with Gasteiger partial charge < -0.3 is 39.1 Å². The van der Waals surface area contributed by atoms with Gasteiger partial charge in [0.25, 0.3) is 11.8 Å². The van der Waals surface area contributed by atoms with Crippen molar-refractivity contribution in [2.24, 2.45) is 0 Å². The predicted molar refractivity (Wildman–Crippen MR) is 244 cm³/mol. The number of amides is 2. The Labute approximate surface area is 398 Å². The summed E-state index contributed by atoms with van der Waals surface area (Å²) in [6, 6.07) is 24.0. The molecule has 334 valence electrons. The monoisotopic (exact) mass is 964 g/mol. The Hall–Kier alpha value is -6.62. The Morgan fingerprint density at radius 3 is 1.36 bits per heavy atom. The number of rotatable bonds is 17. The quantitative estimate of drug-likeness (QED) is 0.0885. The molecule has 2 saturated heterocycles. The van der Waals surface area contributed by atoms with E-state index < -0.39 is 11.8 Å². The van der Waals surface area contributed by atoms with E-state index >= 15 is 0 Å². The fourth-order valence-corrected chi connectivity index (χ4v) is 7.74. The molecule has 0 unspecified atom stereocenters. The Kier molecular flexibility index (Phi) is 14.7. The van der Waals surface area contributed by atoms with E-state index in [-0.39, 0.29) is 82.7 Å². The highest BCUT2D eigenvalue weighted by atomic mass is 35.5. The number of nitriles is 2. The van der Waals surface area contributed by atoms with Crippen molar-refractivity contribution in [2.45, 2.75) is 38.5 Å². The van der Waals surface area contributed by atoms with Crippen molar-refractivity contribution < 1.29 is 38.0 Å². The lowest BCUT2D eigenvalue weighted by molar-refractivity contribution is -0.00353. The molecular weight excluding hydrogens is 930 g/mol. The molecule has 0 spiro atoms. The third kappa shape index (κ3) is 10.9. The molecule has 4 aromatic carbocycles. The molecule has 66 heavy (non-hydrogen) atoms. The second-order valence-corrected chi connectivity index (χ2v) is 16.6. The molecule has 6 aromatic rings. The maximum absolute atomic E-state index is 13.3. The summed E-state index contributed by atoms with van der Waals surface area (Å²) in [7, 11) is 0. The summed E-state index contributed by atoms with van der Waals surface area (Å²) in [5.41, 5.74) is 4.82. The van der Waals surface area contributed by atoms with Gasteiger partial charge in [-0.05, 0) is 24.3 Å². The lowest BCUT2D eigenvalue weighted by Gasteiger charge is -2.27. The molecule has 18 heteroatoms. The topological polar surface area (TPSA) is 187 Å². The fourth-order valence-electron chi connectivity index (χ4n) is 6.74. The van der Waals surface area contributed by atoms with Gasteiger partial charge in [0.15, 0.2) is 0 Å². The van der Waals surface area contributed by atoms with Crippen molar-refractivity contribution in [3.8, 4) is 46.3 Å². The van der Waals surface area contributed by atoms with Crippen LogP contribution in [0.5, 0.6) is 23.0 Å². The summed E-state index contributed by atoms with van der Waals surface area (Å²) in [6.45, 7) is 1.58. The largest absolute Gasteiger partial charge is 0.488 e. The molecule has 14 nitrogen and oxygen atoms in total. The zero-order valence-electron chi connectivity index (χ0n) is 34.6. The minimum Gasteiger partial charge on any atom is -0.488 e. The first-order valence-corrected chi connectivity index (χ1v) is 21.8. The van der Waals surface area contributed by atoms with Gasteiger partial charge in [-0.2, -0.15) is 10.5 Å². The number of carbonyl (C=O) groups is 2. The number of ether oxygens (including phenoxy) is 6. The molecule has 0 bridgehead atoms. The van der Waals surface area contributed by atoms with E-state index in [1.54, 1.807) is 36.7 Å². The van der Waals surface area contributed by atoms with Gasteiger partial charge in [-0.15, -0.1) is 0 Å². The molecule has 8 rings (SSSR count). The van der Waals surface area contributed by atoms with Crippen LogP contribution in [0.2, 0.25) is 20.1 Å². The van der Waals surface area contributed by atoms with Crippen molar-refractivity contribution in [2.75, 3.05) is 26.4 Å². The van der Waals surface area contributed by atoms with Gasteiger partial charge >= 0.3 is 0 Å². The number of nitrogens with zero attached hydrogens (tertiary/aromatic N) is 4. The second-order valence-electron chi connectivity index (χ2n) is 15.1. The molecule has 2 aliphatic rings. The van der Waals surface area contributed by atoms with Crippen molar-refractivity contribution in [1.82, 2.24) is 20.6 Å². The Morgan fingerprint density at radius 1 is 0.576 bits per heavy atom. The maximum Gasteiger partial charge on any atom is 0.255 e. The number of pyridine rings is 2. The summed E-state index contributed by atoms with van der Waals surface area (Å²) < 4.78 is 35.0. The van der Waals surface area contributed by atoms with Crippen LogP contribution in [0, 0.1) is 22.7 Å². The summed E-state index contributed by atoms with van der Waals surface area (Å²) in [4.78, 5) is 34.8. The third-order valence-corrected chi connectivity index (χ3v) is 11.8.